The van der Waals surface area contributed by atoms with E-state index in [-0.39, 0.29) is 5.56 Å². The Bertz CT molecular complexity index is 1980. The number of aryl methyl sites for hydroxylation is 1. The lowest BCUT2D eigenvalue weighted by Crippen LogP contribution is -2.20. The molecule has 6 aromatic rings. The van der Waals surface area contributed by atoms with E-state index >= 15 is 0 Å². The summed E-state index contributed by atoms with van der Waals surface area (Å²) in [7, 11) is 0. The molecule has 0 N–H and O–H groups in total. The number of aromatic nitrogens is 1. The molecule has 0 amide bonds. The van der Waals surface area contributed by atoms with Crippen LogP contribution in [0.5, 0.6) is 0 Å². The van der Waals surface area contributed by atoms with Crippen LogP contribution in [0.15, 0.2) is 108 Å². The molecule has 0 saturated heterocycles. The van der Waals surface area contributed by atoms with Gasteiger partial charge in [0, 0.05) is 28.0 Å². The van der Waals surface area contributed by atoms with Gasteiger partial charge in [-0.1, -0.05) is 80.6 Å². The zero-order valence-electron chi connectivity index (χ0n) is 27.0. The molecular formula is C38H35NO. The summed E-state index contributed by atoms with van der Waals surface area (Å²) in [5, 5.41) is 1.97. The molecule has 1 saturated carbocycles. The van der Waals surface area contributed by atoms with E-state index in [9.17, 15) is 0 Å². The number of furan rings is 1. The molecule has 1 aliphatic rings. The number of hydrogen-bond donors (Lipinski definition) is 0. The number of hydrogen-bond acceptors (Lipinski definition) is 2. The SMILES string of the molecule is [2H]C([2H])([2H])c1ccnc(-c2cccc3c2oc2cc(-c4ccc(-c5ccc(C6([2H])CCC(C)(C)CC6)cc5)cc4)ccc23)c1. The smallest absolute Gasteiger partial charge is 0.144 e. The summed E-state index contributed by atoms with van der Waals surface area (Å²) < 4.78 is 38.9. The van der Waals surface area contributed by atoms with Gasteiger partial charge in [0.25, 0.3) is 0 Å². The van der Waals surface area contributed by atoms with Crippen LogP contribution >= 0.6 is 0 Å². The summed E-state index contributed by atoms with van der Waals surface area (Å²) >= 11 is 0. The van der Waals surface area contributed by atoms with E-state index in [1.807, 2.05) is 18.2 Å². The molecule has 1 fully saturated rings. The van der Waals surface area contributed by atoms with Crippen LogP contribution in [0.2, 0.25) is 0 Å². The van der Waals surface area contributed by atoms with Crippen LogP contribution in [0, 0.1) is 12.3 Å². The lowest BCUT2D eigenvalue weighted by atomic mass is 9.71. The highest BCUT2D eigenvalue weighted by atomic mass is 16.3. The molecule has 2 aromatic heterocycles. The molecular weight excluding hydrogens is 486 g/mol. The summed E-state index contributed by atoms with van der Waals surface area (Å²) in [6.07, 6.45) is 5.56. The average molecular weight is 526 g/mol. The van der Waals surface area contributed by atoms with E-state index < -0.39 is 12.7 Å². The van der Waals surface area contributed by atoms with Gasteiger partial charge in [0.15, 0.2) is 0 Å². The monoisotopic (exact) mass is 525 g/mol. The lowest BCUT2D eigenvalue weighted by molar-refractivity contribution is 0.224. The Morgan fingerprint density at radius 2 is 1.45 bits per heavy atom. The minimum absolute atomic E-state index is 0.256. The van der Waals surface area contributed by atoms with E-state index in [0.717, 1.165) is 75.4 Å². The number of benzene rings is 4. The topological polar surface area (TPSA) is 26.0 Å². The van der Waals surface area contributed by atoms with E-state index in [2.05, 4.69) is 85.6 Å². The number of rotatable bonds is 4. The second-order valence-electron chi connectivity index (χ2n) is 11.8. The zero-order valence-corrected chi connectivity index (χ0v) is 23.0. The summed E-state index contributed by atoms with van der Waals surface area (Å²) in [6, 6.07) is 32.5. The zero-order chi connectivity index (χ0) is 30.7. The van der Waals surface area contributed by atoms with Gasteiger partial charge in [-0.3, -0.25) is 4.98 Å². The quantitative estimate of drug-likeness (QED) is 0.229. The number of pyridine rings is 1. The van der Waals surface area contributed by atoms with Crippen molar-refractivity contribution in [2.45, 2.75) is 52.3 Å². The lowest BCUT2D eigenvalue weighted by Gasteiger charge is -2.34. The normalized spacial score (nSPS) is 18.1. The molecule has 198 valence electrons. The summed E-state index contributed by atoms with van der Waals surface area (Å²) in [6.45, 7) is 2.42. The second-order valence-corrected chi connectivity index (χ2v) is 11.8. The van der Waals surface area contributed by atoms with Crippen molar-refractivity contribution in [2.24, 2.45) is 5.41 Å². The van der Waals surface area contributed by atoms with Crippen LogP contribution in [-0.2, 0) is 0 Å². The predicted molar refractivity (Wildman–Crippen MR) is 168 cm³/mol. The van der Waals surface area contributed by atoms with Gasteiger partial charge >= 0.3 is 0 Å². The molecule has 0 unspecified atom stereocenters. The minimum Gasteiger partial charge on any atom is -0.455 e. The van der Waals surface area contributed by atoms with Crippen molar-refractivity contribution in [2.75, 3.05) is 0 Å². The largest absolute Gasteiger partial charge is 0.455 e. The Morgan fingerprint density at radius 1 is 0.775 bits per heavy atom. The molecule has 2 nitrogen and oxygen atoms in total. The fraction of sp³-hybridized carbons (Fsp3) is 0.237. The average Bonchev–Trinajstić information content (AvgIpc) is 3.41. The van der Waals surface area contributed by atoms with Gasteiger partial charge in [0.05, 0.1) is 5.69 Å². The number of fused-ring (bicyclic) bond motifs is 3. The molecule has 0 radical (unpaired) electrons. The first-order chi connectivity index (χ1) is 21.0. The third-order valence-corrected chi connectivity index (χ3v) is 8.59. The molecule has 0 aliphatic heterocycles. The fourth-order valence-corrected chi connectivity index (χ4v) is 6.03. The van der Waals surface area contributed by atoms with Gasteiger partial charge in [0.2, 0.25) is 0 Å². The first kappa shape index (κ1) is 20.7. The highest BCUT2D eigenvalue weighted by molar-refractivity contribution is 6.10. The molecule has 2 heterocycles. The van der Waals surface area contributed by atoms with Gasteiger partial charge in [-0.25, -0.2) is 0 Å². The maximum absolute atomic E-state index is 9.08. The van der Waals surface area contributed by atoms with E-state index in [4.69, 9.17) is 9.90 Å². The first-order valence-electron chi connectivity index (χ1n) is 16.1. The van der Waals surface area contributed by atoms with Crippen molar-refractivity contribution in [3.63, 3.8) is 0 Å². The van der Waals surface area contributed by atoms with Crippen LogP contribution in [-0.4, -0.2) is 4.98 Å². The molecule has 2 heteroatoms. The first-order valence-corrected chi connectivity index (χ1v) is 14.1. The van der Waals surface area contributed by atoms with E-state index in [0.29, 0.717) is 16.7 Å². The van der Waals surface area contributed by atoms with Crippen LogP contribution in [0.1, 0.15) is 62.0 Å². The molecule has 0 atom stereocenters. The van der Waals surface area contributed by atoms with Crippen molar-refractivity contribution in [3.8, 4) is 33.5 Å². The van der Waals surface area contributed by atoms with Gasteiger partial charge in [-0.2, -0.15) is 0 Å². The van der Waals surface area contributed by atoms with Crippen molar-refractivity contribution < 1.29 is 9.90 Å². The minimum atomic E-state index is -2.20. The Balaban J connectivity index is 1.16. The van der Waals surface area contributed by atoms with Gasteiger partial charge in [-0.15, -0.1) is 0 Å². The summed E-state index contributed by atoms with van der Waals surface area (Å²) in [4.78, 5) is 4.46. The van der Waals surface area contributed by atoms with Crippen LogP contribution in [0.3, 0.4) is 0 Å². The molecule has 7 rings (SSSR count). The Labute approximate surface area is 242 Å². The Morgan fingerprint density at radius 3 is 2.17 bits per heavy atom. The predicted octanol–water partition coefficient (Wildman–Crippen LogP) is 11.0. The van der Waals surface area contributed by atoms with Gasteiger partial charge in [0.1, 0.15) is 11.2 Å². The molecule has 4 aromatic carbocycles. The van der Waals surface area contributed by atoms with Crippen molar-refractivity contribution in [1.82, 2.24) is 4.98 Å². The van der Waals surface area contributed by atoms with Crippen LogP contribution in [0.25, 0.3) is 55.4 Å². The third-order valence-electron chi connectivity index (χ3n) is 8.59. The number of para-hydroxylation sites is 1. The summed E-state index contributed by atoms with van der Waals surface area (Å²) in [5.41, 5.74) is 8.97. The molecule has 1 aliphatic carbocycles. The fourth-order valence-electron chi connectivity index (χ4n) is 6.03. The van der Waals surface area contributed by atoms with Crippen LogP contribution in [0.4, 0.5) is 0 Å². The Kier molecular flexibility index (Phi) is 5.06. The van der Waals surface area contributed by atoms with Crippen molar-refractivity contribution in [1.29, 1.82) is 0 Å². The van der Waals surface area contributed by atoms with Crippen molar-refractivity contribution >= 4 is 21.9 Å². The van der Waals surface area contributed by atoms with E-state index in [1.54, 1.807) is 6.07 Å². The van der Waals surface area contributed by atoms with Crippen molar-refractivity contribution in [3.05, 3.63) is 114 Å². The van der Waals surface area contributed by atoms with Gasteiger partial charge in [-0.05, 0) is 108 Å². The number of nitrogens with zero attached hydrogens (tertiary/aromatic N) is 1. The summed E-state index contributed by atoms with van der Waals surface area (Å²) in [5.74, 6) is -0.480. The maximum atomic E-state index is 9.08. The Hall–Kier alpha value is -4.17. The maximum Gasteiger partial charge on any atom is 0.144 e. The van der Waals surface area contributed by atoms with E-state index in [1.165, 1.54) is 12.3 Å². The molecule has 0 bridgehead atoms. The van der Waals surface area contributed by atoms with Crippen LogP contribution < -0.4 is 0 Å². The highest BCUT2D eigenvalue weighted by Crippen LogP contribution is 2.43. The second kappa shape index (κ2) is 9.78. The standard InChI is InChI=1S/C38H35NO/c1-25-19-22-39-35(23-25)34-6-4-5-33-32-16-15-31(24-36(32)40-37(33)34)29-13-11-27(12-14-29)26-7-9-28(10-8-26)30-17-20-38(2,3)21-18-30/h4-16,19,22-24,30H,17-18,20-21H2,1-3H3/i1D3,30D. The molecule has 0 spiro atoms. The highest BCUT2D eigenvalue weighted by Gasteiger charge is 2.27. The third kappa shape index (κ3) is 4.62. The molecule has 40 heavy (non-hydrogen) atoms. The van der Waals surface area contributed by atoms with Gasteiger partial charge < -0.3 is 4.42 Å².